The summed E-state index contributed by atoms with van der Waals surface area (Å²) in [7, 11) is 0. The van der Waals surface area contributed by atoms with Gasteiger partial charge >= 0.3 is 5.63 Å². The van der Waals surface area contributed by atoms with Crippen molar-refractivity contribution in [1.29, 1.82) is 0 Å². The molecule has 0 spiro atoms. The molecule has 0 radical (unpaired) electrons. The quantitative estimate of drug-likeness (QED) is 0.466. The van der Waals surface area contributed by atoms with Crippen molar-refractivity contribution in [3.63, 3.8) is 0 Å². The number of hydrogen-bond acceptors (Lipinski definition) is 8. The molecule has 1 saturated heterocycles. The maximum Gasteiger partial charge on any atom is 0.349 e. The van der Waals surface area contributed by atoms with Gasteiger partial charge in [-0.3, -0.25) is 4.79 Å². The summed E-state index contributed by atoms with van der Waals surface area (Å²) in [6, 6.07) is 10.5. The van der Waals surface area contributed by atoms with Crippen molar-refractivity contribution in [2.75, 3.05) is 49.6 Å². The normalized spacial score (nSPS) is 14.0. The number of morpholine rings is 1. The van der Waals surface area contributed by atoms with Crippen molar-refractivity contribution < 1.29 is 13.9 Å². The third-order valence-corrected chi connectivity index (χ3v) is 4.76. The molecule has 0 atom stereocenters. The number of aromatic nitrogens is 2. The van der Waals surface area contributed by atoms with Gasteiger partial charge in [0, 0.05) is 37.6 Å². The molecular formula is C21H23N5O4. The fourth-order valence-electron chi connectivity index (χ4n) is 3.28. The Bertz CT molecular complexity index is 1110. The lowest BCUT2D eigenvalue weighted by Crippen LogP contribution is -2.37. The van der Waals surface area contributed by atoms with E-state index in [-0.39, 0.29) is 5.56 Å². The number of para-hydroxylation sites is 1. The Kier molecular flexibility index (Phi) is 5.89. The van der Waals surface area contributed by atoms with E-state index in [0.717, 1.165) is 18.9 Å². The fraction of sp³-hybridized carbons (Fsp3) is 0.333. The molecule has 0 unspecified atom stereocenters. The van der Waals surface area contributed by atoms with Crippen LogP contribution in [0.25, 0.3) is 11.0 Å². The van der Waals surface area contributed by atoms with Gasteiger partial charge in [0.1, 0.15) is 28.6 Å². The number of ether oxygens (including phenoxy) is 1. The highest BCUT2D eigenvalue weighted by molar-refractivity contribution is 5.96. The minimum atomic E-state index is -0.652. The van der Waals surface area contributed by atoms with Gasteiger partial charge in [-0.25, -0.2) is 14.8 Å². The van der Waals surface area contributed by atoms with Crippen molar-refractivity contribution in [2.24, 2.45) is 0 Å². The molecule has 9 heteroatoms. The minimum absolute atomic E-state index is 0.0128. The first-order valence-corrected chi connectivity index (χ1v) is 9.83. The van der Waals surface area contributed by atoms with Gasteiger partial charge in [-0.2, -0.15) is 0 Å². The number of carbonyl (C=O) groups excluding carboxylic acids is 1. The number of hydrogen-bond donors (Lipinski definition) is 2. The van der Waals surface area contributed by atoms with Crippen LogP contribution in [0.3, 0.4) is 0 Å². The standard InChI is InChI=1S/C21H23N5O4/c1-14-24-18(13-19(25-14)26-8-10-29-11-9-26)22-6-7-23-20(27)16-12-15-4-2-3-5-17(15)30-21(16)28/h2-5,12-13H,6-11H2,1H3,(H,23,27)(H,22,24,25). The Morgan fingerprint density at radius 1 is 1.13 bits per heavy atom. The van der Waals surface area contributed by atoms with E-state index in [9.17, 15) is 9.59 Å². The van der Waals surface area contributed by atoms with Gasteiger partial charge in [0.05, 0.1) is 13.2 Å². The van der Waals surface area contributed by atoms with E-state index in [2.05, 4.69) is 25.5 Å². The number of nitrogens with zero attached hydrogens (tertiary/aromatic N) is 3. The van der Waals surface area contributed by atoms with Gasteiger partial charge in [0.15, 0.2) is 0 Å². The predicted octanol–water partition coefficient (Wildman–Crippen LogP) is 1.57. The van der Waals surface area contributed by atoms with Crippen LogP contribution in [-0.4, -0.2) is 55.3 Å². The Morgan fingerprint density at radius 3 is 2.77 bits per heavy atom. The summed E-state index contributed by atoms with van der Waals surface area (Å²) in [5.74, 6) is 1.73. The molecule has 1 aliphatic rings. The molecular weight excluding hydrogens is 386 g/mol. The smallest absolute Gasteiger partial charge is 0.349 e. The Morgan fingerprint density at radius 2 is 1.93 bits per heavy atom. The summed E-state index contributed by atoms with van der Waals surface area (Å²) in [6.07, 6.45) is 0. The Labute approximate surface area is 173 Å². The molecule has 3 aromatic rings. The van der Waals surface area contributed by atoms with Gasteiger partial charge in [-0.15, -0.1) is 0 Å². The molecule has 1 aromatic carbocycles. The van der Waals surface area contributed by atoms with Crippen LogP contribution in [0.5, 0.6) is 0 Å². The number of anilines is 2. The zero-order valence-corrected chi connectivity index (χ0v) is 16.7. The van der Waals surface area contributed by atoms with Crippen LogP contribution in [0, 0.1) is 6.92 Å². The van der Waals surface area contributed by atoms with Crippen molar-refractivity contribution in [3.8, 4) is 0 Å². The van der Waals surface area contributed by atoms with Crippen LogP contribution in [-0.2, 0) is 4.74 Å². The molecule has 2 aromatic heterocycles. The van der Waals surface area contributed by atoms with Crippen LogP contribution >= 0.6 is 0 Å². The van der Waals surface area contributed by atoms with E-state index >= 15 is 0 Å². The van der Waals surface area contributed by atoms with Gasteiger partial charge in [-0.1, -0.05) is 18.2 Å². The second-order valence-electron chi connectivity index (χ2n) is 6.93. The van der Waals surface area contributed by atoms with E-state index in [1.807, 2.05) is 19.1 Å². The molecule has 1 aliphatic heterocycles. The Hall–Kier alpha value is -3.46. The monoisotopic (exact) mass is 409 g/mol. The average Bonchev–Trinajstić information content (AvgIpc) is 2.76. The molecule has 1 fully saturated rings. The lowest BCUT2D eigenvalue weighted by Gasteiger charge is -2.28. The van der Waals surface area contributed by atoms with Crippen molar-refractivity contribution >= 4 is 28.5 Å². The summed E-state index contributed by atoms with van der Waals surface area (Å²) >= 11 is 0. The van der Waals surface area contributed by atoms with Gasteiger partial charge in [-0.05, 0) is 19.1 Å². The molecule has 30 heavy (non-hydrogen) atoms. The van der Waals surface area contributed by atoms with E-state index < -0.39 is 11.5 Å². The zero-order valence-electron chi connectivity index (χ0n) is 16.7. The molecule has 0 bridgehead atoms. The molecule has 156 valence electrons. The van der Waals surface area contributed by atoms with Crippen LogP contribution in [0.15, 0.2) is 45.6 Å². The molecule has 1 amide bonds. The molecule has 0 saturated carbocycles. The minimum Gasteiger partial charge on any atom is -0.422 e. The van der Waals surface area contributed by atoms with Crippen molar-refractivity contribution in [2.45, 2.75) is 6.92 Å². The summed E-state index contributed by atoms with van der Waals surface area (Å²) < 4.78 is 10.6. The largest absolute Gasteiger partial charge is 0.422 e. The van der Waals surface area contributed by atoms with Gasteiger partial charge < -0.3 is 24.7 Å². The lowest BCUT2D eigenvalue weighted by molar-refractivity contribution is 0.0951. The van der Waals surface area contributed by atoms with Crippen molar-refractivity contribution in [3.05, 3.63) is 58.2 Å². The predicted molar refractivity (Wildman–Crippen MR) is 113 cm³/mol. The maximum atomic E-state index is 12.4. The highest BCUT2D eigenvalue weighted by Gasteiger charge is 2.15. The van der Waals surface area contributed by atoms with Crippen molar-refractivity contribution in [1.82, 2.24) is 15.3 Å². The number of amides is 1. The third-order valence-electron chi connectivity index (χ3n) is 4.76. The summed E-state index contributed by atoms with van der Waals surface area (Å²) in [6.45, 7) is 5.56. The molecule has 4 rings (SSSR count). The van der Waals surface area contributed by atoms with Gasteiger partial charge in [0.2, 0.25) is 0 Å². The zero-order chi connectivity index (χ0) is 20.9. The molecule has 9 nitrogen and oxygen atoms in total. The van der Waals surface area contributed by atoms with E-state index in [4.69, 9.17) is 9.15 Å². The molecule has 0 aliphatic carbocycles. The van der Waals surface area contributed by atoms with Crippen LogP contribution in [0.4, 0.5) is 11.6 Å². The number of aryl methyl sites for hydroxylation is 1. The Balaban J connectivity index is 1.35. The average molecular weight is 409 g/mol. The highest BCUT2D eigenvalue weighted by atomic mass is 16.5. The van der Waals surface area contributed by atoms with E-state index in [1.165, 1.54) is 0 Å². The summed E-state index contributed by atoms with van der Waals surface area (Å²) in [5.41, 5.74) is -0.210. The first kappa shape index (κ1) is 19.8. The second-order valence-corrected chi connectivity index (χ2v) is 6.93. The fourth-order valence-corrected chi connectivity index (χ4v) is 3.28. The van der Waals surface area contributed by atoms with Gasteiger partial charge in [0.25, 0.3) is 5.91 Å². The summed E-state index contributed by atoms with van der Waals surface area (Å²) in [5, 5.41) is 6.63. The van der Waals surface area contributed by atoms with E-state index in [0.29, 0.717) is 48.9 Å². The number of carbonyl (C=O) groups is 1. The lowest BCUT2D eigenvalue weighted by atomic mass is 10.2. The number of benzene rings is 1. The van der Waals surface area contributed by atoms with Crippen LogP contribution in [0.1, 0.15) is 16.2 Å². The first-order valence-electron chi connectivity index (χ1n) is 9.83. The topological polar surface area (TPSA) is 110 Å². The molecule has 2 N–H and O–H groups in total. The highest BCUT2D eigenvalue weighted by Crippen LogP contribution is 2.17. The first-order chi connectivity index (χ1) is 14.6. The third kappa shape index (κ3) is 4.57. The maximum absolute atomic E-state index is 12.4. The summed E-state index contributed by atoms with van der Waals surface area (Å²) in [4.78, 5) is 35.5. The molecule has 3 heterocycles. The number of fused-ring (bicyclic) bond motifs is 1. The SMILES string of the molecule is Cc1nc(NCCNC(=O)c2cc3ccccc3oc2=O)cc(N2CCOCC2)n1. The van der Waals surface area contributed by atoms with E-state index in [1.54, 1.807) is 24.3 Å². The van der Waals surface area contributed by atoms with Crippen LogP contribution in [0.2, 0.25) is 0 Å². The second kappa shape index (κ2) is 8.91. The van der Waals surface area contributed by atoms with Crippen LogP contribution < -0.4 is 21.2 Å². The number of nitrogens with one attached hydrogen (secondary N) is 2. The number of rotatable bonds is 6.